The van der Waals surface area contributed by atoms with Crippen LogP contribution in [-0.2, 0) is 0 Å². The van der Waals surface area contributed by atoms with Crippen molar-refractivity contribution in [2.45, 2.75) is 25.9 Å². The molecule has 0 bridgehead atoms. The average Bonchev–Trinajstić information content (AvgIpc) is 2.16. The van der Waals surface area contributed by atoms with Crippen LogP contribution in [0.25, 0.3) is 0 Å². The number of hydrogen-bond donors (Lipinski definition) is 2. The average molecular weight is 293 g/mol. The number of halogens is 2. The van der Waals surface area contributed by atoms with Crippen LogP contribution in [0, 0.1) is 0 Å². The van der Waals surface area contributed by atoms with Gasteiger partial charge in [-0.25, -0.2) is 0 Å². The van der Waals surface area contributed by atoms with Gasteiger partial charge in [-0.05, 0) is 47.5 Å². The van der Waals surface area contributed by atoms with Crippen LogP contribution in [-0.4, -0.2) is 17.3 Å². The van der Waals surface area contributed by atoms with Gasteiger partial charge in [0.2, 0.25) is 0 Å². The Bertz CT molecular complexity index is 341. The van der Waals surface area contributed by atoms with Crippen LogP contribution in [0.2, 0.25) is 5.02 Å². The van der Waals surface area contributed by atoms with Crippen LogP contribution < -0.4 is 5.32 Å². The molecule has 0 aliphatic heterocycles. The fourth-order valence-corrected chi connectivity index (χ4v) is 1.87. The van der Waals surface area contributed by atoms with Gasteiger partial charge in [0.25, 0.3) is 0 Å². The Morgan fingerprint density at radius 3 is 2.73 bits per heavy atom. The number of nitrogens with one attached hydrogen (secondary N) is 1. The van der Waals surface area contributed by atoms with Crippen molar-refractivity contribution in [3.63, 3.8) is 0 Å². The predicted molar refractivity (Wildman–Crippen MR) is 68.6 cm³/mol. The zero-order valence-corrected chi connectivity index (χ0v) is 11.2. The highest BCUT2D eigenvalue weighted by molar-refractivity contribution is 9.10. The Morgan fingerprint density at radius 2 is 2.20 bits per heavy atom. The smallest absolute Gasteiger partial charge is 0.0788 e. The molecule has 0 aliphatic rings. The van der Waals surface area contributed by atoms with Crippen LogP contribution in [0.3, 0.4) is 0 Å². The van der Waals surface area contributed by atoms with Gasteiger partial charge >= 0.3 is 0 Å². The summed E-state index contributed by atoms with van der Waals surface area (Å²) >= 11 is 9.24. The second-order valence-corrected chi connectivity index (χ2v) is 5.12. The molecule has 0 aliphatic carbocycles. The maximum Gasteiger partial charge on any atom is 0.0788 e. The van der Waals surface area contributed by atoms with Gasteiger partial charge in [0.1, 0.15) is 0 Å². The van der Waals surface area contributed by atoms with E-state index in [0.29, 0.717) is 18.0 Å². The molecule has 0 aromatic heterocycles. The minimum absolute atomic E-state index is 0.518. The van der Waals surface area contributed by atoms with E-state index in [9.17, 15) is 5.11 Å². The fraction of sp³-hybridized carbons (Fsp3) is 0.455. The molecule has 1 unspecified atom stereocenters. The van der Waals surface area contributed by atoms with Crippen LogP contribution in [0.5, 0.6) is 0 Å². The van der Waals surface area contributed by atoms with Gasteiger partial charge in [0.05, 0.1) is 5.60 Å². The maximum atomic E-state index is 9.83. The molecule has 1 rings (SSSR count). The zero-order chi connectivity index (χ0) is 11.5. The molecule has 0 saturated carbocycles. The van der Waals surface area contributed by atoms with E-state index in [-0.39, 0.29) is 0 Å². The summed E-state index contributed by atoms with van der Waals surface area (Å²) in [6.07, 6.45) is 0.714. The van der Waals surface area contributed by atoms with Crippen molar-refractivity contribution in [1.29, 1.82) is 0 Å². The Hall–Kier alpha value is -0.250. The van der Waals surface area contributed by atoms with E-state index in [0.717, 1.165) is 10.2 Å². The summed E-state index contributed by atoms with van der Waals surface area (Å²) in [6, 6.07) is 5.53. The lowest BCUT2D eigenvalue weighted by atomic mass is 10.0. The fourth-order valence-electron chi connectivity index (χ4n) is 1.04. The Kier molecular flexibility index (Phi) is 4.44. The molecule has 0 spiro atoms. The number of rotatable bonds is 4. The lowest BCUT2D eigenvalue weighted by Crippen LogP contribution is -2.32. The van der Waals surface area contributed by atoms with Crippen molar-refractivity contribution in [3.05, 3.63) is 27.7 Å². The highest BCUT2D eigenvalue weighted by Gasteiger charge is 2.17. The van der Waals surface area contributed by atoms with Crippen LogP contribution >= 0.6 is 27.5 Å². The first-order valence-corrected chi connectivity index (χ1v) is 6.03. The molecule has 15 heavy (non-hydrogen) atoms. The number of hydrogen-bond acceptors (Lipinski definition) is 2. The summed E-state index contributed by atoms with van der Waals surface area (Å²) in [4.78, 5) is 0. The standard InChI is InChI=1S/C11H15BrClNO/c1-3-11(2,15)7-14-10-5-4-8(13)6-9(10)12/h4-6,14-15H,3,7H2,1-2H3. The first-order valence-electron chi connectivity index (χ1n) is 4.86. The molecule has 0 heterocycles. The molecule has 4 heteroatoms. The van der Waals surface area contributed by atoms with Gasteiger partial charge in [-0.1, -0.05) is 18.5 Å². The van der Waals surface area contributed by atoms with Crippen LogP contribution in [0.4, 0.5) is 5.69 Å². The van der Waals surface area contributed by atoms with Crippen molar-refractivity contribution < 1.29 is 5.11 Å². The Balaban J connectivity index is 2.66. The normalized spacial score (nSPS) is 14.7. The lowest BCUT2D eigenvalue weighted by Gasteiger charge is -2.22. The van der Waals surface area contributed by atoms with Gasteiger partial charge in [-0.3, -0.25) is 0 Å². The third-order valence-corrected chi connectivity index (χ3v) is 3.24. The largest absolute Gasteiger partial charge is 0.388 e. The van der Waals surface area contributed by atoms with Gasteiger partial charge in [0, 0.05) is 21.7 Å². The molecule has 0 fully saturated rings. The molecule has 0 radical (unpaired) electrons. The molecule has 1 aromatic carbocycles. The van der Waals surface area contributed by atoms with Crippen molar-refractivity contribution in [2.75, 3.05) is 11.9 Å². The van der Waals surface area contributed by atoms with Gasteiger partial charge < -0.3 is 10.4 Å². The summed E-state index contributed by atoms with van der Waals surface area (Å²) in [5.74, 6) is 0. The molecule has 1 atom stereocenters. The van der Waals surface area contributed by atoms with E-state index in [2.05, 4.69) is 21.2 Å². The van der Waals surface area contributed by atoms with Crippen molar-refractivity contribution >= 4 is 33.2 Å². The highest BCUT2D eigenvalue weighted by atomic mass is 79.9. The summed E-state index contributed by atoms with van der Waals surface area (Å²) in [7, 11) is 0. The molecule has 2 nitrogen and oxygen atoms in total. The van der Waals surface area contributed by atoms with E-state index in [1.165, 1.54) is 0 Å². The molecular weight excluding hydrogens is 277 g/mol. The molecule has 2 N–H and O–H groups in total. The van der Waals surface area contributed by atoms with Crippen molar-refractivity contribution in [2.24, 2.45) is 0 Å². The molecule has 1 aromatic rings. The summed E-state index contributed by atoms with van der Waals surface area (Å²) in [5, 5.41) is 13.7. The quantitative estimate of drug-likeness (QED) is 0.887. The monoisotopic (exact) mass is 291 g/mol. The van der Waals surface area contributed by atoms with Crippen LogP contribution in [0.15, 0.2) is 22.7 Å². The van der Waals surface area contributed by atoms with Crippen molar-refractivity contribution in [3.8, 4) is 0 Å². The topological polar surface area (TPSA) is 32.3 Å². The SMILES string of the molecule is CCC(C)(O)CNc1ccc(Cl)cc1Br. The summed E-state index contributed by atoms with van der Waals surface area (Å²) < 4.78 is 0.905. The highest BCUT2D eigenvalue weighted by Crippen LogP contribution is 2.26. The minimum atomic E-state index is -0.681. The molecule has 0 amide bonds. The molecular formula is C11H15BrClNO. The van der Waals surface area contributed by atoms with Crippen LogP contribution in [0.1, 0.15) is 20.3 Å². The second-order valence-electron chi connectivity index (χ2n) is 3.83. The third kappa shape index (κ3) is 4.01. The lowest BCUT2D eigenvalue weighted by molar-refractivity contribution is 0.0697. The van der Waals surface area contributed by atoms with E-state index in [4.69, 9.17) is 11.6 Å². The van der Waals surface area contributed by atoms with E-state index in [1.54, 1.807) is 0 Å². The van der Waals surface area contributed by atoms with Gasteiger partial charge in [0.15, 0.2) is 0 Å². The Labute approximate surface area is 104 Å². The van der Waals surface area contributed by atoms with E-state index in [1.807, 2.05) is 32.0 Å². The first kappa shape index (κ1) is 12.8. The molecule has 0 saturated heterocycles. The number of anilines is 1. The van der Waals surface area contributed by atoms with Gasteiger partial charge in [-0.15, -0.1) is 0 Å². The van der Waals surface area contributed by atoms with E-state index >= 15 is 0 Å². The van der Waals surface area contributed by atoms with Crippen molar-refractivity contribution in [1.82, 2.24) is 0 Å². The summed E-state index contributed by atoms with van der Waals surface area (Å²) in [6.45, 7) is 4.28. The molecule has 84 valence electrons. The zero-order valence-electron chi connectivity index (χ0n) is 8.85. The van der Waals surface area contributed by atoms with E-state index < -0.39 is 5.60 Å². The number of benzene rings is 1. The number of aliphatic hydroxyl groups is 1. The van der Waals surface area contributed by atoms with Gasteiger partial charge in [-0.2, -0.15) is 0 Å². The minimum Gasteiger partial charge on any atom is -0.388 e. The maximum absolute atomic E-state index is 9.83. The summed E-state index contributed by atoms with van der Waals surface area (Å²) in [5.41, 5.74) is 0.257. The third-order valence-electron chi connectivity index (χ3n) is 2.35. The Morgan fingerprint density at radius 1 is 1.53 bits per heavy atom. The first-order chi connectivity index (χ1) is 6.94. The second kappa shape index (κ2) is 5.19. The predicted octanol–water partition coefficient (Wildman–Crippen LogP) is 3.68.